The molecule has 3 atom stereocenters. The number of rotatable bonds is 2. The van der Waals surface area contributed by atoms with Gasteiger partial charge in [-0.1, -0.05) is 32.6 Å². The van der Waals surface area contributed by atoms with Crippen LogP contribution in [-0.2, 0) is 0 Å². The lowest BCUT2D eigenvalue weighted by molar-refractivity contribution is -0.0211. The van der Waals surface area contributed by atoms with E-state index >= 15 is 0 Å². The highest BCUT2D eigenvalue weighted by molar-refractivity contribution is 4.95. The average Bonchev–Trinajstić information content (AvgIpc) is 2.53. The molecule has 0 spiro atoms. The third-order valence-electron chi connectivity index (χ3n) is 4.74. The van der Waals surface area contributed by atoms with Gasteiger partial charge in [-0.15, -0.1) is 0 Å². The van der Waals surface area contributed by atoms with Gasteiger partial charge in [-0.2, -0.15) is 0 Å². The zero-order chi connectivity index (χ0) is 11.4. The van der Waals surface area contributed by atoms with Gasteiger partial charge in [-0.25, -0.2) is 0 Å². The first-order chi connectivity index (χ1) is 7.74. The largest absolute Gasteiger partial charge is 0.388 e. The molecule has 3 unspecified atom stereocenters. The molecular formula is C14H27NO. The minimum Gasteiger partial charge on any atom is -0.388 e. The standard InChI is InChI=1S/C14H27NO/c1-2-12-6-5-9-14(16,10-8-12)13-7-3-4-11-15-13/h12-13,15-16H,2-11H2,1H3. The van der Waals surface area contributed by atoms with E-state index < -0.39 is 5.60 Å². The second kappa shape index (κ2) is 5.50. The van der Waals surface area contributed by atoms with Crippen LogP contribution in [-0.4, -0.2) is 23.3 Å². The van der Waals surface area contributed by atoms with Crippen molar-refractivity contribution in [3.63, 3.8) is 0 Å². The van der Waals surface area contributed by atoms with Gasteiger partial charge in [0.05, 0.1) is 5.60 Å². The molecule has 1 saturated heterocycles. The van der Waals surface area contributed by atoms with Gasteiger partial charge in [0.15, 0.2) is 0 Å². The van der Waals surface area contributed by atoms with Crippen LogP contribution in [0, 0.1) is 5.92 Å². The van der Waals surface area contributed by atoms with Crippen molar-refractivity contribution in [2.45, 2.75) is 76.4 Å². The molecule has 1 aliphatic carbocycles. The Balaban J connectivity index is 1.94. The molecule has 0 aromatic rings. The van der Waals surface area contributed by atoms with Gasteiger partial charge in [-0.05, 0) is 44.6 Å². The van der Waals surface area contributed by atoms with E-state index in [4.69, 9.17) is 0 Å². The van der Waals surface area contributed by atoms with Crippen LogP contribution in [0.5, 0.6) is 0 Å². The van der Waals surface area contributed by atoms with Crippen LogP contribution in [0.3, 0.4) is 0 Å². The summed E-state index contributed by atoms with van der Waals surface area (Å²) in [5.74, 6) is 0.859. The van der Waals surface area contributed by atoms with E-state index in [1.165, 1.54) is 44.9 Å². The third-order valence-corrected chi connectivity index (χ3v) is 4.74. The summed E-state index contributed by atoms with van der Waals surface area (Å²) in [5.41, 5.74) is -0.398. The quantitative estimate of drug-likeness (QED) is 0.708. The summed E-state index contributed by atoms with van der Waals surface area (Å²) >= 11 is 0. The number of hydrogen-bond donors (Lipinski definition) is 2. The molecule has 0 aromatic heterocycles. The van der Waals surface area contributed by atoms with Gasteiger partial charge >= 0.3 is 0 Å². The van der Waals surface area contributed by atoms with Gasteiger partial charge in [0.1, 0.15) is 0 Å². The van der Waals surface area contributed by atoms with Gasteiger partial charge in [0.25, 0.3) is 0 Å². The summed E-state index contributed by atoms with van der Waals surface area (Å²) in [6.07, 6.45) is 10.8. The van der Waals surface area contributed by atoms with Gasteiger partial charge in [-0.3, -0.25) is 0 Å². The first kappa shape index (κ1) is 12.4. The lowest BCUT2D eigenvalue weighted by Gasteiger charge is -2.38. The highest BCUT2D eigenvalue weighted by atomic mass is 16.3. The van der Waals surface area contributed by atoms with Gasteiger partial charge in [0.2, 0.25) is 0 Å². The van der Waals surface area contributed by atoms with E-state index in [-0.39, 0.29) is 0 Å². The fourth-order valence-corrected chi connectivity index (χ4v) is 3.49. The van der Waals surface area contributed by atoms with Crippen LogP contribution in [0.2, 0.25) is 0 Å². The Morgan fingerprint density at radius 2 is 2.00 bits per heavy atom. The number of nitrogens with one attached hydrogen (secondary N) is 1. The minimum absolute atomic E-state index is 0.372. The highest BCUT2D eigenvalue weighted by Gasteiger charge is 2.38. The molecule has 2 fully saturated rings. The van der Waals surface area contributed by atoms with Crippen molar-refractivity contribution in [2.24, 2.45) is 5.92 Å². The highest BCUT2D eigenvalue weighted by Crippen LogP contribution is 2.36. The van der Waals surface area contributed by atoms with E-state index in [1.807, 2.05) is 0 Å². The summed E-state index contributed by atoms with van der Waals surface area (Å²) in [5, 5.41) is 14.4. The zero-order valence-corrected chi connectivity index (χ0v) is 10.7. The number of aliphatic hydroxyl groups is 1. The molecule has 0 amide bonds. The Labute approximate surface area is 99.8 Å². The zero-order valence-electron chi connectivity index (χ0n) is 10.7. The van der Waals surface area contributed by atoms with Crippen LogP contribution < -0.4 is 5.32 Å². The van der Waals surface area contributed by atoms with E-state index in [0.717, 1.165) is 25.3 Å². The van der Waals surface area contributed by atoms with Crippen LogP contribution in [0.15, 0.2) is 0 Å². The lowest BCUT2D eigenvalue weighted by atomic mass is 9.82. The first-order valence-corrected chi connectivity index (χ1v) is 7.20. The van der Waals surface area contributed by atoms with Crippen LogP contribution in [0.25, 0.3) is 0 Å². The molecule has 1 aliphatic heterocycles. The predicted molar refractivity (Wildman–Crippen MR) is 67.5 cm³/mol. The molecule has 2 nitrogen and oxygen atoms in total. The van der Waals surface area contributed by atoms with Crippen molar-refractivity contribution in [3.05, 3.63) is 0 Å². The van der Waals surface area contributed by atoms with E-state index in [0.29, 0.717) is 6.04 Å². The van der Waals surface area contributed by atoms with E-state index in [2.05, 4.69) is 12.2 Å². The Bertz CT molecular complexity index is 213. The second-order valence-corrected chi connectivity index (χ2v) is 5.81. The molecule has 2 aliphatic rings. The van der Waals surface area contributed by atoms with Crippen molar-refractivity contribution in [2.75, 3.05) is 6.54 Å². The second-order valence-electron chi connectivity index (χ2n) is 5.81. The van der Waals surface area contributed by atoms with E-state index in [9.17, 15) is 5.11 Å². The van der Waals surface area contributed by atoms with Crippen molar-refractivity contribution in [3.8, 4) is 0 Å². The molecule has 94 valence electrons. The van der Waals surface area contributed by atoms with Crippen molar-refractivity contribution >= 4 is 0 Å². The monoisotopic (exact) mass is 225 g/mol. The third kappa shape index (κ3) is 2.78. The van der Waals surface area contributed by atoms with Gasteiger partial charge < -0.3 is 10.4 Å². The SMILES string of the molecule is CCC1CCCC(O)(C2CCCCN2)CC1. The van der Waals surface area contributed by atoms with Crippen molar-refractivity contribution < 1.29 is 5.11 Å². The van der Waals surface area contributed by atoms with Crippen LogP contribution in [0.1, 0.15) is 64.7 Å². The molecule has 2 heteroatoms. The van der Waals surface area contributed by atoms with Gasteiger partial charge in [0, 0.05) is 6.04 Å². The average molecular weight is 225 g/mol. The van der Waals surface area contributed by atoms with Crippen LogP contribution in [0.4, 0.5) is 0 Å². The molecular weight excluding hydrogens is 198 g/mol. The maximum absolute atomic E-state index is 10.8. The number of piperidine rings is 1. The maximum atomic E-state index is 10.8. The summed E-state index contributed by atoms with van der Waals surface area (Å²) in [7, 11) is 0. The molecule has 0 radical (unpaired) electrons. The molecule has 2 rings (SSSR count). The molecule has 0 aromatic carbocycles. The normalized spacial score (nSPS) is 41.6. The lowest BCUT2D eigenvalue weighted by Crippen LogP contribution is -2.52. The first-order valence-electron chi connectivity index (χ1n) is 7.20. The fraction of sp³-hybridized carbons (Fsp3) is 1.00. The Morgan fingerprint density at radius 1 is 1.12 bits per heavy atom. The van der Waals surface area contributed by atoms with E-state index in [1.54, 1.807) is 0 Å². The topological polar surface area (TPSA) is 32.3 Å². The maximum Gasteiger partial charge on any atom is 0.0800 e. The minimum atomic E-state index is -0.398. The summed E-state index contributed by atoms with van der Waals surface area (Å²) in [6.45, 7) is 3.39. The smallest absolute Gasteiger partial charge is 0.0800 e. The molecule has 16 heavy (non-hydrogen) atoms. The van der Waals surface area contributed by atoms with Crippen molar-refractivity contribution in [1.29, 1.82) is 0 Å². The molecule has 1 heterocycles. The summed E-state index contributed by atoms with van der Waals surface area (Å²) < 4.78 is 0. The summed E-state index contributed by atoms with van der Waals surface area (Å²) in [6, 6.07) is 0.372. The summed E-state index contributed by atoms with van der Waals surface area (Å²) in [4.78, 5) is 0. The molecule has 2 N–H and O–H groups in total. The van der Waals surface area contributed by atoms with Crippen LogP contribution >= 0.6 is 0 Å². The Hall–Kier alpha value is -0.0800. The Kier molecular flexibility index (Phi) is 4.26. The van der Waals surface area contributed by atoms with Crippen molar-refractivity contribution in [1.82, 2.24) is 5.32 Å². The fourth-order valence-electron chi connectivity index (χ4n) is 3.49. The molecule has 1 saturated carbocycles. The Morgan fingerprint density at radius 3 is 2.69 bits per heavy atom. The number of hydrogen-bond acceptors (Lipinski definition) is 2. The predicted octanol–water partition coefficient (Wildman–Crippen LogP) is 2.85. The molecule has 0 bridgehead atoms.